The van der Waals surface area contributed by atoms with Gasteiger partial charge in [-0.15, -0.1) is 0 Å². The molecule has 43 heavy (non-hydrogen) atoms. The zero-order valence-corrected chi connectivity index (χ0v) is 24.2. The molecule has 6 heterocycles. The summed E-state index contributed by atoms with van der Waals surface area (Å²) in [5.74, 6) is -0.544. The monoisotopic (exact) mass is 642 g/mol. The SMILES string of the molecule is C[C@H]1[C@H](O)[C@@H](COP(=O)(O)[C@@H]2C[C@@H](CO[PH](=O)O)O[C@H]2n2cnc3c(=O)[nH]c(N)nc32)O[C@H]1n1cnc2c(N)ncnc21. The molecule has 2 fully saturated rings. The van der Waals surface area contributed by atoms with Gasteiger partial charge in [0, 0.05) is 5.92 Å². The molecule has 0 radical (unpaired) electrons. The van der Waals surface area contributed by atoms with Crippen molar-refractivity contribution >= 4 is 49.9 Å². The minimum atomic E-state index is -4.60. The van der Waals surface area contributed by atoms with Gasteiger partial charge >= 0.3 is 15.9 Å². The summed E-state index contributed by atoms with van der Waals surface area (Å²) in [7, 11) is -7.92. The lowest BCUT2D eigenvalue weighted by Gasteiger charge is -2.25. The number of aliphatic hydroxyl groups excluding tert-OH is 1. The van der Waals surface area contributed by atoms with Crippen molar-refractivity contribution in [3.8, 4) is 0 Å². The van der Waals surface area contributed by atoms with Gasteiger partial charge in [0.25, 0.3) is 5.56 Å². The summed E-state index contributed by atoms with van der Waals surface area (Å²) in [4.78, 5) is 55.3. The fraction of sp³-hybridized carbons (Fsp3) is 0.524. The second-order valence-corrected chi connectivity index (χ2v) is 13.0. The van der Waals surface area contributed by atoms with Gasteiger partial charge in [-0.05, 0) is 6.42 Å². The quantitative estimate of drug-likeness (QED) is 0.123. The van der Waals surface area contributed by atoms with Crippen molar-refractivity contribution in [3.05, 3.63) is 29.3 Å². The number of ether oxygens (including phenoxy) is 2. The molecule has 2 unspecified atom stereocenters. The van der Waals surface area contributed by atoms with Gasteiger partial charge in [0.1, 0.15) is 29.8 Å². The Kier molecular flexibility index (Phi) is 7.82. The predicted octanol–water partition coefficient (Wildman–Crippen LogP) is -0.725. The molecule has 9 atom stereocenters. The number of H-pyrrole nitrogens is 1. The molecule has 4 aromatic rings. The van der Waals surface area contributed by atoms with Gasteiger partial charge < -0.3 is 44.9 Å². The van der Waals surface area contributed by atoms with E-state index in [-0.39, 0.29) is 36.0 Å². The lowest BCUT2D eigenvalue weighted by molar-refractivity contribution is -0.0428. The number of nitrogens with two attached hydrogens (primary N) is 2. The Bertz CT molecular complexity index is 1800. The molecule has 4 aromatic heterocycles. The molecule has 6 rings (SSSR count). The highest BCUT2D eigenvalue weighted by Crippen LogP contribution is 2.57. The molecule has 0 saturated carbocycles. The van der Waals surface area contributed by atoms with Crippen LogP contribution in [0.3, 0.4) is 0 Å². The third-order valence-electron chi connectivity index (χ3n) is 7.47. The van der Waals surface area contributed by atoms with Crippen LogP contribution in [0, 0.1) is 5.92 Å². The van der Waals surface area contributed by atoms with Crippen LogP contribution in [-0.2, 0) is 27.7 Å². The van der Waals surface area contributed by atoms with E-state index in [0.717, 1.165) is 0 Å². The van der Waals surface area contributed by atoms with E-state index in [0.29, 0.717) is 11.2 Å². The van der Waals surface area contributed by atoms with Crippen LogP contribution in [0.5, 0.6) is 0 Å². The van der Waals surface area contributed by atoms with Crippen molar-refractivity contribution < 1.29 is 42.5 Å². The topological polar surface area (TPSA) is 291 Å². The summed E-state index contributed by atoms with van der Waals surface area (Å²) in [5.41, 5.74) is 10.3. The molecule has 2 aliphatic rings. The Morgan fingerprint density at radius 3 is 2.58 bits per heavy atom. The Morgan fingerprint density at radius 1 is 1.12 bits per heavy atom. The molecule has 2 aliphatic heterocycles. The van der Waals surface area contributed by atoms with Crippen molar-refractivity contribution in [1.29, 1.82) is 0 Å². The molecule has 0 amide bonds. The molecule has 22 heteroatoms. The van der Waals surface area contributed by atoms with Crippen molar-refractivity contribution in [1.82, 2.24) is 39.0 Å². The first kappa shape index (κ1) is 29.7. The van der Waals surface area contributed by atoms with Crippen LogP contribution < -0.4 is 17.0 Å². The van der Waals surface area contributed by atoms with E-state index in [1.165, 1.54) is 23.5 Å². The Hall–Kier alpha value is -3.32. The Balaban J connectivity index is 1.23. The number of nitrogen functional groups attached to an aromatic ring is 2. The lowest BCUT2D eigenvalue weighted by atomic mass is 10.0. The summed E-state index contributed by atoms with van der Waals surface area (Å²) in [6, 6.07) is 0. The summed E-state index contributed by atoms with van der Waals surface area (Å²) in [5, 5.41) is 10.9. The number of nitrogens with zero attached hydrogens (tertiary/aromatic N) is 7. The zero-order chi connectivity index (χ0) is 30.6. The van der Waals surface area contributed by atoms with Crippen LogP contribution in [0.15, 0.2) is 23.8 Å². The fourth-order valence-electron chi connectivity index (χ4n) is 5.36. The van der Waals surface area contributed by atoms with Crippen LogP contribution in [0.1, 0.15) is 25.8 Å². The van der Waals surface area contributed by atoms with E-state index in [1.807, 2.05) is 0 Å². The fourth-order valence-corrected chi connectivity index (χ4v) is 7.27. The number of aromatic amines is 1. The predicted molar refractivity (Wildman–Crippen MR) is 147 cm³/mol. The van der Waals surface area contributed by atoms with Crippen molar-refractivity contribution in [2.24, 2.45) is 5.92 Å². The second kappa shape index (κ2) is 11.3. The highest BCUT2D eigenvalue weighted by Gasteiger charge is 2.50. The van der Waals surface area contributed by atoms with Gasteiger partial charge in [0.05, 0.1) is 38.1 Å². The summed E-state index contributed by atoms with van der Waals surface area (Å²) in [6.07, 6.45) is -1.25. The molecular weight excluding hydrogens is 614 g/mol. The third-order valence-corrected chi connectivity index (χ3v) is 9.71. The first-order valence-electron chi connectivity index (χ1n) is 12.9. The van der Waals surface area contributed by atoms with Crippen molar-refractivity contribution in [2.75, 3.05) is 24.7 Å². The smallest absolute Gasteiger partial charge is 0.335 e. The van der Waals surface area contributed by atoms with E-state index in [2.05, 4.69) is 29.9 Å². The molecule has 8 N–H and O–H groups in total. The highest BCUT2D eigenvalue weighted by molar-refractivity contribution is 7.53. The third kappa shape index (κ3) is 5.45. The normalized spacial score (nSPS) is 29.8. The minimum absolute atomic E-state index is 0.0169. The number of anilines is 2. The van der Waals surface area contributed by atoms with Crippen LogP contribution in [0.2, 0.25) is 0 Å². The van der Waals surface area contributed by atoms with Crippen LogP contribution >= 0.6 is 15.9 Å². The zero-order valence-electron chi connectivity index (χ0n) is 22.3. The number of imidazole rings is 2. The number of aliphatic hydroxyl groups is 1. The average Bonchev–Trinajstić information content (AvgIpc) is 3.72. The van der Waals surface area contributed by atoms with Gasteiger partial charge in [-0.2, -0.15) is 4.98 Å². The summed E-state index contributed by atoms with van der Waals surface area (Å²) in [6.45, 7) is 0.886. The number of rotatable bonds is 9. The molecule has 232 valence electrons. The maximum atomic E-state index is 13.7. The number of fused-ring (bicyclic) bond motifs is 2. The lowest BCUT2D eigenvalue weighted by Crippen LogP contribution is -2.30. The van der Waals surface area contributed by atoms with Gasteiger partial charge in [0.15, 0.2) is 28.9 Å². The standard InChI is InChI=1S/C21H28N10O10P2/c1-8-14(32)10(41-19(8)30-6-26-12-15(22)24-5-25-16(12)30)4-39-43(36,37)11-2-9(3-38-42(34)35)40-20(11)31-7-27-13-17(31)28-21(23)29-18(13)33/h5-11,14,19-20,32,42H,2-4H2,1H3,(H,34,35)(H,36,37)(H2,22,24,25)(H3,23,28,29,33)/t8-,9-,10+,11+,14-,19+,20+/m0/s1. The number of hydrogen-bond donors (Lipinski definition) is 6. The molecule has 0 spiro atoms. The molecular formula is C21H28N10O10P2. The minimum Gasteiger partial charge on any atom is -0.390 e. The molecule has 0 bridgehead atoms. The van der Waals surface area contributed by atoms with Crippen molar-refractivity contribution in [3.63, 3.8) is 0 Å². The van der Waals surface area contributed by atoms with E-state index in [9.17, 15) is 23.9 Å². The second-order valence-electron chi connectivity index (χ2n) is 10.2. The van der Waals surface area contributed by atoms with Crippen LogP contribution in [-0.4, -0.2) is 91.1 Å². The average molecular weight is 642 g/mol. The number of hydrogen-bond acceptors (Lipinski definition) is 15. The maximum Gasteiger partial charge on any atom is 0.335 e. The Labute approximate surface area is 241 Å². The highest BCUT2D eigenvalue weighted by atomic mass is 31.2. The Morgan fingerprint density at radius 2 is 1.84 bits per heavy atom. The van der Waals surface area contributed by atoms with Crippen LogP contribution in [0.4, 0.5) is 11.8 Å². The number of aromatic nitrogens is 8. The summed E-state index contributed by atoms with van der Waals surface area (Å²) < 4.78 is 50.0. The molecule has 2 saturated heterocycles. The first-order valence-corrected chi connectivity index (χ1v) is 15.8. The van der Waals surface area contributed by atoms with E-state index >= 15 is 0 Å². The van der Waals surface area contributed by atoms with E-state index < -0.39 is 70.4 Å². The molecule has 0 aliphatic carbocycles. The molecule has 0 aromatic carbocycles. The summed E-state index contributed by atoms with van der Waals surface area (Å²) >= 11 is 0. The van der Waals surface area contributed by atoms with Gasteiger partial charge in [-0.1, -0.05) is 6.92 Å². The van der Waals surface area contributed by atoms with Crippen molar-refractivity contribution in [2.45, 2.75) is 49.8 Å². The van der Waals surface area contributed by atoms with E-state index in [1.54, 1.807) is 11.5 Å². The van der Waals surface area contributed by atoms with Gasteiger partial charge in [-0.3, -0.25) is 28.0 Å². The first-order chi connectivity index (χ1) is 20.4. The maximum absolute atomic E-state index is 13.7. The van der Waals surface area contributed by atoms with Gasteiger partial charge in [-0.25, -0.2) is 19.9 Å². The molecule has 20 nitrogen and oxygen atoms in total. The largest absolute Gasteiger partial charge is 0.390 e. The number of nitrogens with one attached hydrogen (secondary N) is 1. The van der Waals surface area contributed by atoms with E-state index in [4.69, 9.17) is 34.9 Å². The van der Waals surface area contributed by atoms with Crippen LogP contribution in [0.25, 0.3) is 22.3 Å². The van der Waals surface area contributed by atoms with Gasteiger partial charge in [0.2, 0.25) is 5.95 Å².